The van der Waals surface area contributed by atoms with Crippen LogP contribution in [-0.4, -0.2) is 23.3 Å². The lowest BCUT2D eigenvalue weighted by molar-refractivity contribution is -0.113. The molecule has 0 bridgehead atoms. The largest absolute Gasteiger partial charge is 0.325 e. The summed E-state index contributed by atoms with van der Waals surface area (Å²) in [6.45, 7) is 4.19. The maximum atomic E-state index is 12.9. The van der Waals surface area contributed by atoms with Gasteiger partial charge in [0, 0.05) is 5.69 Å². The van der Waals surface area contributed by atoms with Crippen LogP contribution in [0.1, 0.15) is 24.2 Å². The summed E-state index contributed by atoms with van der Waals surface area (Å²) >= 11 is 1.56. The standard InChI is InChI=1S/C19H21FN2O2S/c1-13(2)11-25-12-18(23)22-17-6-4-3-5-16(17)19(24)21-15-9-7-14(20)8-10-15/h3-10,13H,11-12H2,1-2H3,(H,21,24)(H,22,23). The molecule has 0 spiro atoms. The molecule has 2 aromatic carbocycles. The van der Waals surface area contributed by atoms with Gasteiger partial charge in [-0.1, -0.05) is 26.0 Å². The van der Waals surface area contributed by atoms with Gasteiger partial charge < -0.3 is 10.6 Å². The Morgan fingerprint density at radius 1 is 1.04 bits per heavy atom. The Morgan fingerprint density at radius 2 is 1.72 bits per heavy atom. The number of halogens is 1. The second-order valence-electron chi connectivity index (χ2n) is 5.96. The molecule has 4 nitrogen and oxygen atoms in total. The first-order chi connectivity index (χ1) is 12.0. The summed E-state index contributed by atoms with van der Waals surface area (Å²) in [7, 11) is 0. The zero-order valence-electron chi connectivity index (χ0n) is 14.2. The Kier molecular flexibility index (Phi) is 7.01. The predicted molar refractivity (Wildman–Crippen MR) is 102 cm³/mol. The minimum atomic E-state index is -0.371. The zero-order valence-corrected chi connectivity index (χ0v) is 15.0. The van der Waals surface area contributed by atoms with Crippen molar-refractivity contribution in [1.29, 1.82) is 0 Å². The highest BCUT2D eigenvalue weighted by atomic mass is 32.2. The van der Waals surface area contributed by atoms with Crippen LogP contribution in [0.2, 0.25) is 0 Å². The van der Waals surface area contributed by atoms with E-state index >= 15 is 0 Å². The summed E-state index contributed by atoms with van der Waals surface area (Å²) in [4.78, 5) is 24.5. The molecule has 25 heavy (non-hydrogen) atoms. The molecule has 2 amide bonds. The first-order valence-electron chi connectivity index (χ1n) is 7.99. The van der Waals surface area contributed by atoms with Crippen molar-refractivity contribution in [2.24, 2.45) is 5.92 Å². The van der Waals surface area contributed by atoms with Crippen LogP contribution in [0.15, 0.2) is 48.5 Å². The molecule has 132 valence electrons. The van der Waals surface area contributed by atoms with Crippen molar-refractivity contribution in [3.8, 4) is 0 Å². The second kappa shape index (κ2) is 9.22. The maximum absolute atomic E-state index is 12.9. The third kappa shape index (κ3) is 6.23. The van der Waals surface area contributed by atoms with Crippen LogP contribution in [0.5, 0.6) is 0 Å². The van der Waals surface area contributed by atoms with Crippen molar-refractivity contribution in [2.45, 2.75) is 13.8 Å². The molecule has 0 unspecified atom stereocenters. The van der Waals surface area contributed by atoms with Crippen molar-refractivity contribution in [2.75, 3.05) is 22.1 Å². The molecular formula is C19H21FN2O2S. The number of carbonyl (C=O) groups is 2. The van der Waals surface area contributed by atoms with Crippen molar-refractivity contribution in [1.82, 2.24) is 0 Å². The first kappa shape index (κ1) is 19.0. The van der Waals surface area contributed by atoms with Gasteiger partial charge in [-0.3, -0.25) is 9.59 Å². The molecule has 2 rings (SSSR count). The molecule has 0 fully saturated rings. The molecule has 0 heterocycles. The van der Waals surface area contributed by atoms with Gasteiger partial charge in [0.1, 0.15) is 5.82 Å². The van der Waals surface area contributed by atoms with E-state index in [2.05, 4.69) is 24.5 Å². The fourth-order valence-corrected chi connectivity index (χ4v) is 2.94. The van der Waals surface area contributed by atoms with E-state index in [4.69, 9.17) is 0 Å². The van der Waals surface area contributed by atoms with Gasteiger partial charge >= 0.3 is 0 Å². The molecule has 0 aliphatic heterocycles. The molecule has 0 saturated carbocycles. The lowest BCUT2D eigenvalue weighted by atomic mass is 10.1. The van der Waals surface area contributed by atoms with E-state index in [0.717, 1.165) is 5.75 Å². The molecule has 0 atom stereocenters. The third-order valence-corrected chi connectivity index (χ3v) is 4.60. The van der Waals surface area contributed by atoms with Crippen molar-refractivity contribution in [3.05, 3.63) is 59.9 Å². The fourth-order valence-electron chi connectivity index (χ4n) is 2.10. The van der Waals surface area contributed by atoms with E-state index < -0.39 is 0 Å². The highest BCUT2D eigenvalue weighted by Crippen LogP contribution is 2.18. The number of para-hydroxylation sites is 1. The lowest BCUT2D eigenvalue weighted by Crippen LogP contribution is -2.19. The number of amides is 2. The SMILES string of the molecule is CC(C)CSCC(=O)Nc1ccccc1C(=O)Nc1ccc(F)cc1. The number of anilines is 2. The normalized spacial score (nSPS) is 10.6. The van der Waals surface area contributed by atoms with Crippen molar-refractivity contribution >= 4 is 35.0 Å². The van der Waals surface area contributed by atoms with Gasteiger partial charge in [-0.2, -0.15) is 11.8 Å². The van der Waals surface area contributed by atoms with Gasteiger partial charge in [0.2, 0.25) is 5.91 Å². The van der Waals surface area contributed by atoms with Gasteiger partial charge in [0.05, 0.1) is 17.0 Å². The van der Waals surface area contributed by atoms with Crippen LogP contribution >= 0.6 is 11.8 Å². The van der Waals surface area contributed by atoms with Crippen LogP contribution in [0.25, 0.3) is 0 Å². The summed E-state index contributed by atoms with van der Waals surface area (Å²) in [5.41, 5.74) is 1.30. The topological polar surface area (TPSA) is 58.2 Å². The van der Waals surface area contributed by atoms with Gasteiger partial charge in [-0.25, -0.2) is 4.39 Å². The van der Waals surface area contributed by atoms with Gasteiger partial charge in [-0.15, -0.1) is 0 Å². The van der Waals surface area contributed by atoms with E-state index in [0.29, 0.717) is 28.6 Å². The second-order valence-corrected chi connectivity index (χ2v) is 6.99. The number of carbonyl (C=O) groups excluding carboxylic acids is 2. The Balaban J connectivity index is 2.02. The molecule has 0 aliphatic carbocycles. The average molecular weight is 360 g/mol. The summed E-state index contributed by atoms with van der Waals surface area (Å²) < 4.78 is 12.9. The number of hydrogen-bond donors (Lipinski definition) is 2. The average Bonchev–Trinajstić information content (AvgIpc) is 2.57. The van der Waals surface area contributed by atoms with Crippen LogP contribution in [-0.2, 0) is 4.79 Å². The molecular weight excluding hydrogens is 339 g/mol. The molecule has 0 saturated heterocycles. The number of rotatable bonds is 7. The first-order valence-corrected chi connectivity index (χ1v) is 9.14. The maximum Gasteiger partial charge on any atom is 0.257 e. The van der Waals surface area contributed by atoms with E-state index in [9.17, 15) is 14.0 Å². The molecule has 0 radical (unpaired) electrons. The Bertz CT molecular complexity index is 732. The van der Waals surface area contributed by atoms with E-state index in [-0.39, 0.29) is 17.6 Å². The number of thioether (sulfide) groups is 1. The van der Waals surface area contributed by atoms with Crippen LogP contribution in [0, 0.1) is 11.7 Å². The molecule has 2 aromatic rings. The molecule has 0 aromatic heterocycles. The van der Waals surface area contributed by atoms with E-state index in [1.54, 1.807) is 36.0 Å². The molecule has 0 aliphatic rings. The third-order valence-electron chi connectivity index (χ3n) is 3.23. The predicted octanol–water partition coefficient (Wildman–Crippen LogP) is 4.41. The number of hydrogen-bond acceptors (Lipinski definition) is 3. The molecule has 2 N–H and O–H groups in total. The summed E-state index contributed by atoms with van der Waals surface area (Å²) in [6.07, 6.45) is 0. The smallest absolute Gasteiger partial charge is 0.257 e. The number of benzene rings is 2. The van der Waals surface area contributed by atoms with Crippen LogP contribution in [0.4, 0.5) is 15.8 Å². The van der Waals surface area contributed by atoms with E-state index in [1.807, 2.05) is 0 Å². The van der Waals surface area contributed by atoms with Gasteiger partial charge in [0.25, 0.3) is 5.91 Å². The minimum absolute atomic E-state index is 0.146. The summed E-state index contributed by atoms with van der Waals surface area (Å²) in [5, 5.41) is 5.47. The number of nitrogens with one attached hydrogen (secondary N) is 2. The van der Waals surface area contributed by atoms with Gasteiger partial charge in [-0.05, 0) is 48.1 Å². The Hall–Kier alpha value is -2.34. The lowest BCUT2D eigenvalue weighted by Gasteiger charge is -2.12. The van der Waals surface area contributed by atoms with Gasteiger partial charge in [0.15, 0.2) is 0 Å². The van der Waals surface area contributed by atoms with Crippen molar-refractivity contribution < 1.29 is 14.0 Å². The summed E-state index contributed by atoms with van der Waals surface area (Å²) in [6, 6.07) is 12.3. The van der Waals surface area contributed by atoms with Crippen LogP contribution < -0.4 is 10.6 Å². The highest BCUT2D eigenvalue weighted by Gasteiger charge is 2.13. The fraction of sp³-hybridized carbons (Fsp3) is 0.263. The van der Waals surface area contributed by atoms with E-state index in [1.165, 1.54) is 24.3 Å². The zero-order chi connectivity index (χ0) is 18.2. The Morgan fingerprint density at radius 3 is 2.40 bits per heavy atom. The molecule has 6 heteroatoms. The minimum Gasteiger partial charge on any atom is -0.325 e. The Labute approximate surface area is 151 Å². The summed E-state index contributed by atoms with van der Waals surface area (Å²) in [5.74, 6) is 0.882. The monoisotopic (exact) mass is 360 g/mol. The van der Waals surface area contributed by atoms with Crippen molar-refractivity contribution in [3.63, 3.8) is 0 Å². The quantitative estimate of drug-likeness (QED) is 0.769. The highest BCUT2D eigenvalue weighted by molar-refractivity contribution is 7.99. The van der Waals surface area contributed by atoms with Crippen LogP contribution in [0.3, 0.4) is 0 Å².